The maximum absolute atomic E-state index is 8.61. The highest BCUT2D eigenvalue weighted by Gasteiger charge is 1.95. The third kappa shape index (κ3) is 5.09. The van der Waals surface area contributed by atoms with Gasteiger partial charge in [0, 0.05) is 6.61 Å². The second-order valence-electron chi connectivity index (χ2n) is 3.29. The number of methoxy groups -OCH3 is 1. The fraction of sp³-hybridized carbons (Fsp3) is 0.500. The quantitative estimate of drug-likeness (QED) is 0.724. The molecule has 0 atom stereocenters. The molecule has 1 aromatic carbocycles. The van der Waals surface area contributed by atoms with E-state index in [1.165, 1.54) is 5.56 Å². The lowest BCUT2D eigenvalue weighted by molar-refractivity contribution is 0.296. The summed E-state index contributed by atoms with van der Waals surface area (Å²) < 4.78 is 5.09. The fourth-order valence-corrected chi connectivity index (χ4v) is 2.17. The summed E-state index contributed by atoms with van der Waals surface area (Å²) in [5.74, 6) is 3.07. The van der Waals surface area contributed by atoms with Gasteiger partial charge in [0.25, 0.3) is 0 Å². The molecular weight excluding hydrogens is 208 g/mol. The number of rotatable bonds is 7. The van der Waals surface area contributed by atoms with Crippen LogP contribution in [0.15, 0.2) is 24.3 Å². The average Bonchev–Trinajstić information content (AvgIpc) is 2.30. The van der Waals surface area contributed by atoms with Gasteiger partial charge in [0.15, 0.2) is 0 Å². The van der Waals surface area contributed by atoms with E-state index in [1.807, 2.05) is 23.9 Å². The van der Waals surface area contributed by atoms with E-state index in [-0.39, 0.29) is 0 Å². The van der Waals surface area contributed by atoms with Crippen LogP contribution in [0.5, 0.6) is 5.75 Å². The maximum atomic E-state index is 8.61. The minimum absolute atomic E-state index is 0.301. The van der Waals surface area contributed by atoms with E-state index in [9.17, 15) is 0 Å². The van der Waals surface area contributed by atoms with E-state index in [0.29, 0.717) is 6.61 Å². The number of ether oxygens (including phenoxy) is 1. The molecule has 1 rings (SSSR count). The lowest BCUT2D eigenvalue weighted by Crippen LogP contribution is -1.92. The van der Waals surface area contributed by atoms with Crippen molar-refractivity contribution in [3.63, 3.8) is 0 Å². The molecule has 0 spiro atoms. The highest BCUT2D eigenvalue weighted by atomic mass is 32.2. The van der Waals surface area contributed by atoms with E-state index < -0.39 is 0 Å². The number of hydrogen-bond donors (Lipinski definition) is 1. The van der Waals surface area contributed by atoms with Gasteiger partial charge in [-0.1, -0.05) is 12.1 Å². The molecule has 0 saturated carbocycles. The van der Waals surface area contributed by atoms with E-state index in [2.05, 4.69) is 12.1 Å². The van der Waals surface area contributed by atoms with Crippen LogP contribution >= 0.6 is 11.8 Å². The van der Waals surface area contributed by atoms with Gasteiger partial charge in [0.2, 0.25) is 0 Å². The molecule has 0 aromatic heterocycles. The Balaban J connectivity index is 2.20. The third-order valence-corrected chi connectivity index (χ3v) is 3.21. The lowest BCUT2D eigenvalue weighted by atomic mass is 10.2. The molecular formula is C12H18O2S. The van der Waals surface area contributed by atoms with Gasteiger partial charge in [-0.15, -0.1) is 0 Å². The highest BCUT2D eigenvalue weighted by Crippen LogP contribution is 2.13. The first-order valence-electron chi connectivity index (χ1n) is 5.18. The summed E-state index contributed by atoms with van der Waals surface area (Å²) in [6.45, 7) is 0.301. The number of thioether (sulfide) groups is 1. The van der Waals surface area contributed by atoms with Gasteiger partial charge in [0.05, 0.1) is 7.11 Å². The highest BCUT2D eigenvalue weighted by molar-refractivity contribution is 7.99. The zero-order chi connectivity index (χ0) is 10.9. The Hall–Kier alpha value is -0.670. The maximum Gasteiger partial charge on any atom is 0.118 e. The fourth-order valence-electron chi connectivity index (χ4n) is 1.25. The van der Waals surface area contributed by atoms with Crippen molar-refractivity contribution in [1.82, 2.24) is 0 Å². The van der Waals surface area contributed by atoms with E-state index in [4.69, 9.17) is 9.84 Å². The number of aliphatic hydroxyl groups excluding tert-OH is 1. The van der Waals surface area contributed by atoms with Gasteiger partial charge in [-0.05, 0) is 42.0 Å². The predicted octanol–water partition coefficient (Wildman–Crippen LogP) is 2.35. The van der Waals surface area contributed by atoms with Crippen molar-refractivity contribution in [1.29, 1.82) is 0 Å². The summed E-state index contributed by atoms with van der Waals surface area (Å²) in [5, 5.41) is 8.61. The molecule has 0 aliphatic carbocycles. The largest absolute Gasteiger partial charge is 0.497 e. The smallest absolute Gasteiger partial charge is 0.118 e. The monoisotopic (exact) mass is 226 g/mol. The first-order valence-corrected chi connectivity index (χ1v) is 6.34. The van der Waals surface area contributed by atoms with Gasteiger partial charge in [-0.2, -0.15) is 11.8 Å². The van der Waals surface area contributed by atoms with Crippen LogP contribution in [-0.4, -0.2) is 30.3 Å². The molecule has 0 fully saturated rings. The Morgan fingerprint density at radius 1 is 1.20 bits per heavy atom. The van der Waals surface area contributed by atoms with Crippen LogP contribution in [0.3, 0.4) is 0 Å². The molecule has 1 aromatic rings. The number of aryl methyl sites for hydroxylation is 1. The molecule has 84 valence electrons. The number of aliphatic hydroxyl groups is 1. The van der Waals surface area contributed by atoms with Crippen LogP contribution in [0.2, 0.25) is 0 Å². The predicted molar refractivity (Wildman–Crippen MR) is 65.7 cm³/mol. The van der Waals surface area contributed by atoms with Crippen LogP contribution in [0.4, 0.5) is 0 Å². The molecule has 0 aliphatic rings. The second-order valence-corrected chi connectivity index (χ2v) is 4.51. The Labute approximate surface area is 95.7 Å². The third-order valence-electron chi connectivity index (χ3n) is 2.14. The lowest BCUT2D eigenvalue weighted by Gasteiger charge is -2.03. The molecule has 0 heterocycles. The Bertz CT molecular complexity index is 259. The summed E-state index contributed by atoms with van der Waals surface area (Å²) in [6.07, 6.45) is 1.98. The van der Waals surface area contributed by atoms with Crippen molar-refractivity contribution in [2.45, 2.75) is 12.8 Å². The minimum atomic E-state index is 0.301. The molecule has 0 unspecified atom stereocenters. The van der Waals surface area contributed by atoms with Crippen molar-refractivity contribution in [3.8, 4) is 5.75 Å². The Morgan fingerprint density at radius 3 is 2.53 bits per heavy atom. The molecule has 0 radical (unpaired) electrons. The molecule has 1 N–H and O–H groups in total. The zero-order valence-corrected chi connectivity index (χ0v) is 9.93. The van der Waals surface area contributed by atoms with Crippen molar-refractivity contribution >= 4 is 11.8 Å². The second kappa shape index (κ2) is 7.60. The van der Waals surface area contributed by atoms with E-state index in [0.717, 1.165) is 30.1 Å². The zero-order valence-electron chi connectivity index (χ0n) is 9.11. The van der Waals surface area contributed by atoms with Crippen molar-refractivity contribution in [2.24, 2.45) is 0 Å². The van der Waals surface area contributed by atoms with Gasteiger partial charge in [0.1, 0.15) is 5.75 Å². The average molecular weight is 226 g/mol. The first kappa shape index (κ1) is 12.4. The van der Waals surface area contributed by atoms with E-state index in [1.54, 1.807) is 7.11 Å². The minimum Gasteiger partial charge on any atom is -0.497 e. The van der Waals surface area contributed by atoms with Gasteiger partial charge in [-0.3, -0.25) is 0 Å². The normalized spacial score (nSPS) is 10.3. The van der Waals surface area contributed by atoms with Gasteiger partial charge < -0.3 is 9.84 Å². The van der Waals surface area contributed by atoms with E-state index >= 15 is 0 Å². The van der Waals surface area contributed by atoms with Crippen molar-refractivity contribution < 1.29 is 9.84 Å². The first-order chi connectivity index (χ1) is 7.36. The molecule has 2 nitrogen and oxygen atoms in total. The van der Waals surface area contributed by atoms with Crippen molar-refractivity contribution in [2.75, 3.05) is 25.2 Å². The van der Waals surface area contributed by atoms with Crippen LogP contribution in [0, 0.1) is 0 Å². The SMILES string of the molecule is COc1ccc(CCSCCCO)cc1. The van der Waals surface area contributed by atoms with Crippen LogP contribution in [0.25, 0.3) is 0 Å². The van der Waals surface area contributed by atoms with Crippen LogP contribution in [-0.2, 0) is 6.42 Å². The van der Waals surface area contributed by atoms with Crippen molar-refractivity contribution in [3.05, 3.63) is 29.8 Å². The molecule has 3 heteroatoms. The number of benzene rings is 1. The van der Waals surface area contributed by atoms with Gasteiger partial charge >= 0.3 is 0 Å². The molecule has 0 bridgehead atoms. The Kier molecular flexibility index (Phi) is 6.28. The summed E-state index contributed by atoms with van der Waals surface area (Å²) in [4.78, 5) is 0. The summed E-state index contributed by atoms with van der Waals surface area (Å²) >= 11 is 1.89. The number of hydrogen-bond acceptors (Lipinski definition) is 3. The topological polar surface area (TPSA) is 29.5 Å². The molecule has 0 aliphatic heterocycles. The standard InChI is InChI=1S/C12H18O2S/c1-14-12-5-3-11(4-6-12)7-10-15-9-2-8-13/h3-6,13H,2,7-10H2,1H3. The molecule has 0 saturated heterocycles. The summed E-state index contributed by atoms with van der Waals surface area (Å²) in [7, 11) is 1.68. The molecule has 15 heavy (non-hydrogen) atoms. The summed E-state index contributed by atoms with van der Waals surface area (Å²) in [5.41, 5.74) is 1.34. The Morgan fingerprint density at radius 2 is 1.93 bits per heavy atom. The van der Waals surface area contributed by atoms with Crippen LogP contribution < -0.4 is 4.74 Å². The molecule has 0 amide bonds. The summed E-state index contributed by atoms with van der Waals surface area (Å²) in [6, 6.07) is 8.19. The van der Waals surface area contributed by atoms with Gasteiger partial charge in [-0.25, -0.2) is 0 Å². The van der Waals surface area contributed by atoms with Crippen LogP contribution in [0.1, 0.15) is 12.0 Å².